The largest absolute Gasteiger partial charge is 0.495 e. The normalized spacial score (nSPS) is 14.9. The smallest absolute Gasteiger partial charge is 0.319 e. The van der Waals surface area contributed by atoms with Crippen LogP contribution in [0.3, 0.4) is 0 Å². The molecule has 1 fully saturated rings. The molecule has 0 atom stereocenters. The van der Waals surface area contributed by atoms with Gasteiger partial charge in [-0.1, -0.05) is 41.9 Å². The quantitative estimate of drug-likeness (QED) is 0.863. The number of nitrogens with one attached hydrogen (secondary N) is 2. The topological polar surface area (TPSA) is 50.4 Å². The van der Waals surface area contributed by atoms with Crippen LogP contribution in [0.25, 0.3) is 0 Å². The number of halogens is 1. The van der Waals surface area contributed by atoms with E-state index in [1.165, 1.54) is 5.56 Å². The number of rotatable bonds is 5. The van der Waals surface area contributed by atoms with E-state index in [0.717, 1.165) is 12.8 Å². The van der Waals surface area contributed by atoms with Crippen molar-refractivity contribution in [2.24, 2.45) is 0 Å². The molecule has 0 spiro atoms. The minimum atomic E-state index is -0.228. The van der Waals surface area contributed by atoms with E-state index in [4.69, 9.17) is 16.3 Å². The minimum absolute atomic E-state index is 0.0934. The lowest BCUT2D eigenvalue weighted by atomic mass is 9.96. The molecule has 0 heterocycles. The Morgan fingerprint density at radius 3 is 2.57 bits per heavy atom. The van der Waals surface area contributed by atoms with Gasteiger partial charge in [-0.05, 0) is 36.6 Å². The van der Waals surface area contributed by atoms with Gasteiger partial charge in [-0.2, -0.15) is 0 Å². The number of carbonyl (C=O) groups is 1. The number of anilines is 1. The van der Waals surface area contributed by atoms with Gasteiger partial charge in [0, 0.05) is 17.6 Å². The van der Waals surface area contributed by atoms with Crippen molar-refractivity contribution < 1.29 is 9.53 Å². The first kappa shape index (κ1) is 15.7. The van der Waals surface area contributed by atoms with Crippen LogP contribution in [0.5, 0.6) is 5.75 Å². The molecule has 2 aromatic rings. The van der Waals surface area contributed by atoms with Crippen LogP contribution in [0, 0.1) is 0 Å². The van der Waals surface area contributed by atoms with Gasteiger partial charge in [0.2, 0.25) is 0 Å². The molecule has 0 bridgehead atoms. The summed E-state index contributed by atoms with van der Waals surface area (Å²) in [5, 5.41) is 6.22. The molecule has 0 aromatic heterocycles. The van der Waals surface area contributed by atoms with Crippen molar-refractivity contribution in [2.75, 3.05) is 19.0 Å². The Bertz CT molecular complexity index is 699. The van der Waals surface area contributed by atoms with Gasteiger partial charge in [0.1, 0.15) is 5.75 Å². The summed E-state index contributed by atoms with van der Waals surface area (Å²) in [4.78, 5) is 12.1. The average Bonchev–Trinajstić information content (AvgIpc) is 3.35. The van der Waals surface area contributed by atoms with Crippen LogP contribution in [-0.4, -0.2) is 19.7 Å². The standard InChI is InChI=1S/C18H19ClN2O2/c1-23-16-8-7-14(11-15(16)19)21-17(22)20-12-18(9-10-18)13-5-3-2-4-6-13/h2-8,11H,9-10,12H2,1H3,(H2,20,21,22). The molecule has 5 heteroatoms. The molecule has 1 saturated carbocycles. The van der Waals surface area contributed by atoms with Crippen molar-refractivity contribution in [3.05, 3.63) is 59.1 Å². The molecule has 23 heavy (non-hydrogen) atoms. The second kappa shape index (κ2) is 6.50. The monoisotopic (exact) mass is 330 g/mol. The predicted molar refractivity (Wildman–Crippen MR) is 92.4 cm³/mol. The van der Waals surface area contributed by atoms with Gasteiger partial charge in [-0.15, -0.1) is 0 Å². The Balaban J connectivity index is 1.57. The van der Waals surface area contributed by atoms with Crippen molar-refractivity contribution in [3.63, 3.8) is 0 Å². The number of ether oxygens (including phenoxy) is 1. The zero-order valence-corrected chi connectivity index (χ0v) is 13.7. The first-order chi connectivity index (χ1) is 11.1. The summed E-state index contributed by atoms with van der Waals surface area (Å²) in [6.45, 7) is 0.632. The Morgan fingerprint density at radius 2 is 1.96 bits per heavy atom. The molecular weight excluding hydrogens is 312 g/mol. The van der Waals surface area contributed by atoms with E-state index in [1.807, 2.05) is 18.2 Å². The second-order valence-corrected chi connectivity index (χ2v) is 6.21. The maximum absolute atomic E-state index is 12.1. The molecule has 3 rings (SSSR count). The minimum Gasteiger partial charge on any atom is -0.495 e. The molecule has 2 N–H and O–H groups in total. The molecule has 0 aliphatic heterocycles. The number of amides is 2. The van der Waals surface area contributed by atoms with Crippen LogP contribution in [0.2, 0.25) is 5.02 Å². The number of benzene rings is 2. The first-order valence-corrected chi connectivity index (χ1v) is 7.95. The number of hydrogen-bond donors (Lipinski definition) is 2. The molecule has 4 nitrogen and oxygen atoms in total. The fraction of sp³-hybridized carbons (Fsp3) is 0.278. The third kappa shape index (κ3) is 3.59. The fourth-order valence-electron chi connectivity index (χ4n) is 2.68. The highest BCUT2D eigenvalue weighted by molar-refractivity contribution is 6.32. The van der Waals surface area contributed by atoms with E-state index >= 15 is 0 Å². The van der Waals surface area contributed by atoms with Crippen LogP contribution in [-0.2, 0) is 5.41 Å². The zero-order chi connectivity index (χ0) is 16.3. The van der Waals surface area contributed by atoms with E-state index in [1.54, 1.807) is 25.3 Å². The van der Waals surface area contributed by atoms with Crippen LogP contribution in [0.4, 0.5) is 10.5 Å². The van der Waals surface area contributed by atoms with Gasteiger partial charge >= 0.3 is 6.03 Å². The van der Waals surface area contributed by atoms with Gasteiger partial charge < -0.3 is 15.4 Å². The number of methoxy groups -OCH3 is 1. The molecule has 1 aliphatic rings. The maximum atomic E-state index is 12.1. The molecule has 1 aliphatic carbocycles. The summed E-state index contributed by atoms with van der Waals surface area (Å²) in [5.74, 6) is 0.582. The SMILES string of the molecule is COc1ccc(NC(=O)NCC2(c3ccccc3)CC2)cc1Cl. The second-order valence-electron chi connectivity index (χ2n) is 5.80. The van der Waals surface area contributed by atoms with Gasteiger partial charge in [-0.25, -0.2) is 4.79 Å². The third-order valence-corrected chi connectivity index (χ3v) is 4.53. The van der Waals surface area contributed by atoms with E-state index in [0.29, 0.717) is 23.0 Å². The summed E-state index contributed by atoms with van der Waals surface area (Å²) in [5.41, 5.74) is 2.02. The summed E-state index contributed by atoms with van der Waals surface area (Å²) in [6, 6.07) is 15.2. The van der Waals surface area contributed by atoms with Gasteiger partial charge in [0.25, 0.3) is 0 Å². The van der Waals surface area contributed by atoms with E-state index in [2.05, 4.69) is 22.8 Å². The Morgan fingerprint density at radius 1 is 1.22 bits per heavy atom. The highest BCUT2D eigenvalue weighted by Crippen LogP contribution is 2.47. The molecule has 0 saturated heterocycles. The highest BCUT2D eigenvalue weighted by Gasteiger charge is 2.44. The first-order valence-electron chi connectivity index (χ1n) is 7.57. The maximum Gasteiger partial charge on any atom is 0.319 e. The van der Waals surface area contributed by atoms with E-state index in [9.17, 15) is 4.79 Å². The predicted octanol–water partition coefficient (Wildman–Crippen LogP) is 4.20. The zero-order valence-electron chi connectivity index (χ0n) is 12.9. The van der Waals surface area contributed by atoms with Crippen LogP contribution in [0.15, 0.2) is 48.5 Å². The van der Waals surface area contributed by atoms with E-state index < -0.39 is 0 Å². The lowest BCUT2D eigenvalue weighted by Gasteiger charge is -2.17. The Hall–Kier alpha value is -2.20. The average molecular weight is 331 g/mol. The Labute approximate surface area is 140 Å². The molecule has 2 aromatic carbocycles. The lowest BCUT2D eigenvalue weighted by Crippen LogP contribution is -2.35. The summed E-state index contributed by atoms with van der Waals surface area (Å²) in [7, 11) is 1.56. The number of hydrogen-bond acceptors (Lipinski definition) is 2. The molecular formula is C18H19ClN2O2. The van der Waals surface area contributed by atoms with Crippen LogP contribution in [0.1, 0.15) is 18.4 Å². The fourth-order valence-corrected chi connectivity index (χ4v) is 2.94. The third-order valence-electron chi connectivity index (χ3n) is 4.24. The van der Waals surface area contributed by atoms with Crippen molar-refractivity contribution in [2.45, 2.75) is 18.3 Å². The van der Waals surface area contributed by atoms with Crippen LogP contribution < -0.4 is 15.4 Å². The van der Waals surface area contributed by atoms with Crippen LogP contribution >= 0.6 is 11.6 Å². The molecule has 120 valence electrons. The summed E-state index contributed by atoms with van der Waals surface area (Å²) >= 11 is 6.06. The summed E-state index contributed by atoms with van der Waals surface area (Å²) in [6.07, 6.45) is 2.21. The van der Waals surface area contributed by atoms with Gasteiger partial charge in [0.15, 0.2) is 0 Å². The van der Waals surface area contributed by atoms with Crippen molar-refractivity contribution in [1.82, 2.24) is 5.32 Å². The van der Waals surface area contributed by atoms with Gasteiger partial charge in [-0.3, -0.25) is 0 Å². The van der Waals surface area contributed by atoms with Crippen molar-refractivity contribution >= 4 is 23.3 Å². The van der Waals surface area contributed by atoms with Crippen molar-refractivity contribution in [1.29, 1.82) is 0 Å². The summed E-state index contributed by atoms with van der Waals surface area (Å²) < 4.78 is 5.09. The van der Waals surface area contributed by atoms with E-state index in [-0.39, 0.29) is 11.4 Å². The van der Waals surface area contributed by atoms with Crippen molar-refractivity contribution in [3.8, 4) is 5.75 Å². The lowest BCUT2D eigenvalue weighted by molar-refractivity contribution is 0.251. The highest BCUT2D eigenvalue weighted by atomic mass is 35.5. The molecule has 0 radical (unpaired) electrons. The number of urea groups is 1. The molecule has 2 amide bonds. The molecule has 0 unspecified atom stereocenters. The Kier molecular flexibility index (Phi) is 4.44. The van der Waals surface area contributed by atoms with Gasteiger partial charge in [0.05, 0.1) is 12.1 Å². The number of carbonyl (C=O) groups excluding carboxylic acids is 1.